The molecule has 0 radical (unpaired) electrons. The summed E-state index contributed by atoms with van der Waals surface area (Å²) in [5.74, 6) is 1.73. The molecule has 1 N–H and O–H groups in total. The number of ether oxygens (including phenoxy) is 2. The molecule has 1 amide bonds. The van der Waals surface area contributed by atoms with Crippen molar-refractivity contribution in [1.29, 1.82) is 0 Å². The molecule has 2 aromatic carbocycles. The van der Waals surface area contributed by atoms with E-state index in [1.54, 1.807) is 0 Å². The van der Waals surface area contributed by atoms with Crippen LogP contribution in [0.4, 0.5) is 22.1 Å². The Labute approximate surface area is 282 Å². The minimum absolute atomic E-state index is 0.0838. The average molecular weight is 650 g/mol. The van der Waals surface area contributed by atoms with E-state index in [0.717, 1.165) is 100 Å². The number of fused-ring (bicyclic) bond motifs is 3. The van der Waals surface area contributed by atoms with Crippen LogP contribution in [0.15, 0.2) is 48.7 Å². The van der Waals surface area contributed by atoms with Gasteiger partial charge in [-0.2, -0.15) is 0 Å². The molecule has 10 nitrogen and oxygen atoms in total. The summed E-state index contributed by atoms with van der Waals surface area (Å²) in [6.45, 7) is 11.1. The molecule has 252 valence electrons. The molecule has 48 heavy (non-hydrogen) atoms. The summed E-state index contributed by atoms with van der Waals surface area (Å²) in [5, 5.41) is 8.49. The zero-order chi connectivity index (χ0) is 33.0. The van der Waals surface area contributed by atoms with Gasteiger partial charge < -0.3 is 24.6 Å². The van der Waals surface area contributed by atoms with E-state index < -0.39 is 5.60 Å². The topological polar surface area (TPSA) is 97.6 Å². The molecule has 0 saturated carbocycles. The van der Waals surface area contributed by atoms with Gasteiger partial charge in [-0.3, -0.25) is 0 Å². The number of rotatable bonds is 4. The van der Waals surface area contributed by atoms with Gasteiger partial charge in [0.25, 0.3) is 0 Å². The summed E-state index contributed by atoms with van der Waals surface area (Å²) in [5.41, 5.74) is 7.33. The van der Waals surface area contributed by atoms with Gasteiger partial charge >= 0.3 is 6.09 Å². The largest absolute Gasteiger partial charge is 0.444 e. The smallest absolute Gasteiger partial charge is 0.408 e. The van der Waals surface area contributed by atoms with E-state index in [9.17, 15) is 4.79 Å². The monoisotopic (exact) mass is 649 g/mol. The molecule has 4 aliphatic rings. The van der Waals surface area contributed by atoms with Crippen LogP contribution in [-0.2, 0) is 22.3 Å². The highest BCUT2D eigenvalue weighted by Crippen LogP contribution is 2.52. The van der Waals surface area contributed by atoms with E-state index in [0.29, 0.717) is 0 Å². The molecule has 10 heteroatoms. The van der Waals surface area contributed by atoms with Gasteiger partial charge in [-0.05, 0) is 102 Å². The van der Waals surface area contributed by atoms with Crippen molar-refractivity contribution < 1.29 is 14.3 Å². The first-order valence-electron chi connectivity index (χ1n) is 17.7. The number of amides is 1. The van der Waals surface area contributed by atoms with Gasteiger partial charge in [-0.1, -0.05) is 42.0 Å². The Bertz CT molecular complexity index is 1830. The Balaban J connectivity index is 1.09. The Hall–Kier alpha value is -4.18. The van der Waals surface area contributed by atoms with Crippen molar-refractivity contribution in [3.63, 3.8) is 0 Å². The summed E-state index contributed by atoms with van der Waals surface area (Å²) in [6, 6.07) is 15.1. The molecule has 8 rings (SSSR count). The maximum Gasteiger partial charge on any atom is 0.408 e. The minimum atomic E-state index is -0.554. The van der Waals surface area contributed by atoms with Gasteiger partial charge in [0.1, 0.15) is 11.4 Å². The molecule has 1 spiro atoms. The summed E-state index contributed by atoms with van der Waals surface area (Å²) in [4.78, 5) is 28.1. The van der Waals surface area contributed by atoms with Crippen molar-refractivity contribution in [3.8, 4) is 0 Å². The molecular formula is C38H47N7O3. The number of benzene rings is 2. The minimum Gasteiger partial charge on any atom is -0.444 e. The number of aryl methyl sites for hydroxylation is 2. The van der Waals surface area contributed by atoms with Crippen LogP contribution in [0.3, 0.4) is 0 Å². The molecular weight excluding hydrogens is 602 g/mol. The lowest BCUT2D eigenvalue weighted by atomic mass is 9.72. The number of carbonyl (C=O) groups excluding carboxylic acids is 1. The fourth-order valence-electron chi connectivity index (χ4n) is 8.37. The lowest BCUT2D eigenvalue weighted by Crippen LogP contribution is -2.48. The van der Waals surface area contributed by atoms with Gasteiger partial charge in [0.2, 0.25) is 0 Å². The van der Waals surface area contributed by atoms with Crippen LogP contribution < -0.4 is 15.1 Å². The van der Waals surface area contributed by atoms with E-state index in [1.165, 1.54) is 27.9 Å². The second kappa shape index (κ2) is 12.1. The lowest BCUT2D eigenvalue weighted by Gasteiger charge is -2.43. The maximum absolute atomic E-state index is 13.0. The van der Waals surface area contributed by atoms with Gasteiger partial charge in [-0.25, -0.2) is 19.4 Å². The highest BCUT2D eigenvalue weighted by molar-refractivity contribution is 5.88. The first-order chi connectivity index (χ1) is 23.2. The zero-order valence-corrected chi connectivity index (χ0v) is 28.7. The average Bonchev–Trinajstić information content (AvgIpc) is 3.59. The van der Waals surface area contributed by atoms with E-state index in [4.69, 9.17) is 24.5 Å². The van der Waals surface area contributed by atoms with Gasteiger partial charge in [0, 0.05) is 37.3 Å². The molecule has 2 aromatic heterocycles. The Morgan fingerprint density at radius 2 is 1.88 bits per heavy atom. The van der Waals surface area contributed by atoms with Crippen LogP contribution >= 0.6 is 0 Å². The Kier molecular flexibility index (Phi) is 7.81. The number of hydrogen-bond donors (Lipinski definition) is 1. The SMILES string of the molecule is Cc1ccc2c(c1)CCCN2c1nn(C2CCCCO2)c2nc(N3CCC4(CC3)Cc3ccccc3[C@H]4NC(=O)OC(C)(C)C)cnc12. The van der Waals surface area contributed by atoms with Crippen molar-refractivity contribution in [2.45, 2.75) is 96.9 Å². The van der Waals surface area contributed by atoms with Crippen molar-refractivity contribution in [1.82, 2.24) is 25.1 Å². The van der Waals surface area contributed by atoms with E-state index in [2.05, 4.69) is 64.5 Å². The normalized spacial score (nSPS) is 22.1. The third kappa shape index (κ3) is 5.67. The fraction of sp³-hybridized carbons (Fsp3) is 0.526. The van der Waals surface area contributed by atoms with Crippen LogP contribution in [-0.4, -0.2) is 57.7 Å². The quantitative estimate of drug-likeness (QED) is 0.246. The van der Waals surface area contributed by atoms with Crippen LogP contribution in [0.1, 0.15) is 93.8 Å². The van der Waals surface area contributed by atoms with E-state index in [-0.39, 0.29) is 23.8 Å². The molecule has 4 aromatic rings. The third-order valence-corrected chi connectivity index (χ3v) is 10.7. The van der Waals surface area contributed by atoms with Crippen molar-refractivity contribution >= 4 is 34.6 Å². The lowest BCUT2D eigenvalue weighted by molar-refractivity contribution is -0.0368. The van der Waals surface area contributed by atoms with Crippen LogP contribution in [0, 0.1) is 12.3 Å². The second-order valence-electron chi connectivity index (χ2n) is 15.2. The first kappa shape index (κ1) is 31.1. The van der Waals surface area contributed by atoms with Crippen LogP contribution in [0.5, 0.6) is 0 Å². The highest BCUT2D eigenvalue weighted by Gasteiger charge is 2.49. The van der Waals surface area contributed by atoms with Crippen LogP contribution in [0.2, 0.25) is 0 Å². The zero-order valence-electron chi connectivity index (χ0n) is 28.7. The number of aromatic nitrogens is 4. The Morgan fingerprint density at radius 3 is 2.67 bits per heavy atom. The predicted molar refractivity (Wildman–Crippen MR) is 187 cm³/mol. The number of hydrogen-bond acceptors (Lipinski definition) is 8. The fourth-order valence-corrected chi connectivity index (χ4v) is 8.37. The van der Waals surface area contributed by atoms with Gasteiger partial charge in [0.15, 0.2) is 23.2 Å². The molecule has 5 heterocycles. The molecule has 3 aliphatic heterocycles. The van der Waals surface area contributed by atoms with Crippen molar-refractivity contribution in [2.24, 2.45) is 5.41 Å². The van der Waals surface area contributed by atoms with Crippen molar-refractivity contribution in [3.05, 3.63) is 70.9 Å². The maximum atomic E-state index is 13.0. The predicted octanol–water partition coefficient (Wildman–Crippen LogP) is 7.33. The summed E-state index contributed by atoms with van der Waals surface area (Å²) in [7, 11) is 0. The molecule has 0 bridgehead atoms. The summed E-state index contributed by atoms with van der Waals surface area (Å²) < 4.78 is 14.0. The Morgan fingerprint density at radius 1 is 1.04 bits per heavy atom. The number of anilines is 3. The molecule has 2 fully saturated rings. The number of piperidine rings is 1. The standard InChI is InChI=1S/C38H47N7O3/c1-25-14-15-29-26(22-25)11-9-18-44(29)35-32-34(45(42-35)31-13-7-8-21-47-31)40-30(24-39-32)43-19-16-38(17-20-43)23-27-10-5-6-12-28(27)33(38)41-36(46)48-37(2,3)4/h5-6,10,12,14-15,22,24,31,33H,7-9,11,13,16-21,23H2,1-4H3,(H,41,46)/t31?,33-/m1/s1. The van der Waals surface area contributed by atoms with E-state index in [1.807, 2.05) is 31.6 Å². The number of nitrogens with one attached hydrogen (secondary N) is 1. The highest BCUT2D eigenvalue weighted by atomic mass is 16.6. The third-order valence-electron chi connectivity index (χ3n) is 10.7. The summed E-state index contributed by atoms with van der Waals surface area (Å²) >= 11 is 0. The van der Waals surface area contributed by atoms with Crippen LogP contribution in [0.25, 0.3) is 11.2 Å². The van der Waals surface area contributed by atoms with E-state index >= 15 is 0 Å². The molecule has 2 saturated heterocycles. The molecule has 1 unspecified atom stereocenters. The number of carbonyl (C=O) groups is 1. The second-order valence-corrected chi connectivity index (χ2v) is 15.2. The molecule has 1 aliphatic carbocycles. The first-order valence-corrected chi connectivity index (χ1v) is 17.7. The summed E-state index contributed by atoms with van der Waals surface area (Å²) in [6.07, 6.45) is 9.43. The van der Waals surface area contributed by atoms with Gasteiger partial charge in [-0.15, -0.1) is 5.10 Å². The van der Waals surface area contributed by atoms with Gasteiger partial charge in [0.05, 0.1) is 12.2 Å². The molecule has 2 atom stereocenters. The van der Waals surface area contributed by atoms with Crippen molar-refractivity contribution in [2.75, 3.05) is 36.0 Å². The number of alkyl carbamates (subject to hydrolysis) is 1. The number of nitrogens with zero attached hydrogens (tertiary/aromatic N) is 6.